The van der Waals surface area contributed by atoms with E-state index in [2.05, 4.69) is 9.73 Å². The molecule has 0 amide bonds. The van der Waals surface area contributed by atoms with Crippen LogP contribution in [0.5, 0.6) is 0 Å². The summed E-state index contributed by atoms with van der Waals surface area (Å²) in [5.41, 5.74) is 2.45. The molecular formula is C16H14BNO4. The molecule has 0 aliphatic carbocycles. The normalized spacial score (nSPS) is 13.0. The summed E-state index contributed by atoms with van der Waals surface area (Å²) in [4.78, 5) is 15.9. The van der Waals surface area contributed by atoms with Crippen molar-refractivity contribution in [2.75, 3.05) is 7.11 Å². The highest BCUT2D eigenvalue weighted by Crippen LogP contribution is 2.18. The van der Waals surface area contributed by atoms with Gasteiger partial charge in [-0.3, -0.25) is 0 Å². The average molecular weight is 295 g/mol. The first-order chi connectivity index (χ1) is 10.7. The van der Waals surface area contributed by atoms with E-state index in [0.29, 0.717) is 29.0 Å². The zero-order valence-electron chi connectivity index (χ0n) is 12.0. The minimum atomic E-state index is -1.14. The molecule has 2 aromatic carbocycles. The molecule has 2 aromatic rings. The molecule has 0 saturated heterocycles. The summed E-state index contributed by atoms with van der Waals surface area (Å²) >= 11 is 0. The van der Waals surface area contributed by atoms with Crippen LogP contribution in [-0.2, 0) is 15.8 Å². The number of hydrogen-bond acceptors (Lipinski definition) is 5. The predicted octanol–water partition coefficient (Wildman–Crippen LogP) is 1.46. The Morgan fingerprint density at radius 1 is 1.27 bits per heavy atom. The van der Waals surface area contributed by atoms with Gasteiger partial charge in [0.1, 0.15) is 0 Å². The van der Waals surface area contributed by atoms with Crippen molar-refractivity contribution < 1.29 is 19.2 Å². The van der Waals surface area contributed by atoms with E-state index in [1.807, 2.05) is 30.3 Å². The summed E-state index contributed by atoms with van der Waals surface area (Å²) in [6.07, 6.45) is 0.496. The Hall–Kier alpha value is -2.60. The molecule has 0 fully saturated rings. The number of rotatable bonds is 3. The molecule has 0 radical (unpaired) electrons. The molecule has 0 saturated carbocycles. The Labute approximate surface area is 128 Å². The van der Waals surface area contributed by atoms with Gasteiger partial charge < -0.3 is 14.4 Å². The molecule has 110 valence electrons. The number of methoxy groups -OCH3 is 1. The molecular weight excluding hydrogens is 281 g/mol. The molecule has 1 N–H and O–H groups in total. The van der Waals surface area contributed by atoms with Gasteiger partial charge in [0.2, 0.25) is 0 Å². The number of hydrogen-bond donors (Lipinski definition) is 1. The van der Waals surface area contributed by atoms with Gasteiger partial charge in [0.25, 0.3) is 0 Å². The molecule has 22 heavy (non-hydrogen) atoms. The van der Waals surface area contributed by atoms with Gasteiger partial charge in [0.05, 0.1) is 18.4 Å². The van der Waals surface area contributed by atoms with Crippen LogP contribution in [0, 0.1) is 0 Å². The minimum absolute atomic E-state index is 0.352. The molecule has 0 spiro atoms. The van der Waals surface area contributed by atoms with E-state index in [9.17, 15) is 9.82 Å². The maximum Gasteiger partial charge on any atom is 0.563 e. The van der Waals surface area contributed by atoms with Crippen molar-refractivity contribution in [3.8, 4) is 0 Å². The molecule has 1 aliphatic heterocycles. The van der Waals surface area contributed by atoms with Crippen molar-refractivity contribution in [3.63, 3.8) is 0 Å². The highest BCUT2D eigenvalue weighted by atomic mass is 16.5. The summed E-state index contributed by atoms with van der Waals surface area (Å²) in [5.74, 6) is -0.0221. The van der Waals surface area contributed by atoms with E-state index in [-0.39, 0.29) is 0 Å². The average Bonchev–Trinajstić information content (AvgIpc) is 2.55. The van der Waals surface area contributed by atoms with Crippen LogP contribution in [0.2, 0.25) is 0 Å². The molecule has 0 bridgehead atoms. The Balaban J connectivity index is 1.89. The van der Waals surface area contributed by atoms with Crippen molar-refractivity contribution in [3.05, 3.63) is 59.7 Å². The second-order valence-corrected chi connectivity index (χ2v) is 4.90. The van der Waals surface area contributed by atoms with Crippen LogP contribution in [-0.4, -0.2) is 31.1 Å². The lowest BCUT2D eigenvalue weighted by Crippen LogP contribution is -2.40. The molecule has 0 unspecified atom stereocenters. The van der Waals surface area contributed by atoms with Gasteiger partial charge in [-0.25, -0.2) is 9.79 Å². The molecule has 0 atom stereocenters. The van der Waals surface area contributed by atoms with Crippen molar-refractivity contribution in [2.45, 2.75) is 6.42 Å². The lowest BCUT2D eigenvalue weighted by Gasteiger charge is -2.20. The smallest absolute Gasteiger partial charge is 0.521 e. The van der Waals surface area contributed by atoms with Crippen LogP contribution >= 0.6 is 0 Å². The first-order valence-corrected chi connectivity index (χ1v) is 6.86. The fourth-order valence-electron chi connectivity index (χ4n) is 2.30. The SMILES string of the molecule is COC(=O)c1ccc2c(c1)B(O)OC(Cc1ccccc1)=N2. The quantitative estimate of drug-likeness (QED) is 0.687. The Morgan fingerprint density at radius 2 is 2.05 bits per heavy atom. The first kappa shape index (κ1) is 14.3. The molecule has 0 aromatic heterocycles. The van der Waals surface area contributed by atoms with E-state index in [0.717, 1.165) is 5.56 Å². The van der Waals surface area contributed by atoms with Gasteiger partial charge in [-0.05, 0) is 23.8 Å². The standard InChI is InChI=1S/C16H14BNO4/c1-21-16(19)12-7-8-14-13(10-12)17(20)22-15(18-14)9-11-5-3-2-4-6-11/h2-8,10,20H,9H2,1H3. The summed E-state index contributed by atoms with van der Waals surface area (Å²) in [7, 11) is 0.168. The molecule has 1 aliphatic rings. The van der Waals surface area contributed by atoms with E-state index in [1.54, 1.807) is 12.1 Å². The fraction of sp³-hybridized carbons (Fsp3) is 0.125. The Bertz CT molecular complexity index is 730. The number of carbonyl (C=O) groups excluding carboxylic acids is 1. The number of nitrogens with zero attached hydrogens (tertiary/aromatic N) is 1. The lowest BCUT2D eigenvalue weighted by molar-refractivity contribution is 0.0601. The van der Waals surface area contributed by atoms with Crippen LogP contribution in [0.3, 0.4) is 0 Å². The second-order valence-electron chi connectivity index (χ2n) is 4.90. The largest absolute Gasteiger partial charge is 0.563 e. The number of benzene rings is 2. The predicted molar refractivity (Wildman–Crippen MR) is 83.7 cm³/mol. The molecule has 1 heterocycles. The number of aliphatic imine (C=N–C) groups is 1. The van der Waals surface area contributed by atoms with Crippen LogP contribution < -0.4 is 5.46 Å². The molecule has 5 nitrogen and oxygen atoms in total. The highest BCUT2D eigenvalue weighted by molar-refractivity contribution is 6.64. The van der Waals surface area contributed by atoms with Crippen molar-refractivity contribution in [1.82, 2.24) is 0 Å². The number of carbonyl (C=O) groups is 1. The van der Waals surface area contributed by atoms with Crippen LogP contribution in [0.15, 0.2) is 53.5 Å². The van der Waals surface area contributed by atoms with Crippen molar-refractivity contribution >= 4 is 30.1 Å². The number of ether oxygens (including phenoxy) is 1. The van der Waals surface area contributed by atoms with Crippen molar-refractivity contribution in [1.29, 1.82) is 0 Å². The third-order valence-electron chi connectivity index (χ3n) is 3.41. The van der Waals surface area contributed by atoms with Crippen LogP contribution in [0.25, 0.3) is 0 Å². The Morgan fingerprint density at radius 3 is 2.77 bits per heavy atom. The third-order valence-corrected chi connectivity index (χ3v) is 3.41. The van der Waals surface area contributed by atoms with Crippen molar-refractivity contribution in [2.24, 2.45) is 4.99 Å². The van der Waals surface area contributed by atoms with Gasteiger partial charge in [0, 0.05) is 11.9 Å². The second kappa shape index (κ2) is 6.03. The van der Waals surface area contributed by atoms with E-state index >= 15 is 0 Å². The van der Waals surface area contributed by atoms with E-state index in [1.165, 1.54) is 13.2 Å². The maximum atomic E-state index is 11.5. The minimum Gasteiger partial charge on any atom is -0.521 e. The fourth-order valence-corrected chi connectivity index (χ4v) is 2.30. The van der Waals surface area contributed by atoms with Gasteiger partial charge in [-0.15, -0.1) is 0 Å². The van der Waals surface area contributed by atoms with Crippen LogP contribution in [0.1, 0.15) is 15.9 Å². The zero-order valence-corrected chi connectivity index (χ0v) is 12.0. The number of esters is 1. The summed E-state index contributed by atoms with van der Waals surface area (Å²) in [6, 6.07) is 14.6. The van der Waals surface area contributed by atoms with Crippen LogP contribution in [0.4, 0.5) is 5.69 Å². The molecule has 6 heteroatoms. The third kappa shape index (κ3) is 2.87. The number of fused-ring (bicyclic) bond motifs is 1. The van der Waals surface area contributed by atoms with Gasteiger partial charge in [-0.2, -0.15) is 0 Å². The Kier molecular flexibility index (Phi) is 3.93. The maximum absolute atomic E-state index is 11.5. The topological polar surface area (TPSA) is 68.1 Å². The van der Waals surface area contributed by atoms with Gasteiger partial charge in [0.15, 0.2) is 5.90 Å². The monoisotopic (exact) mass is 295 g/mol. The van der Waals surface area contributed by atoms with Gasteiger partial charge in [-0.1, -0.05) is 30.3 Å². The van der Waals surface area contributed by atoms with E-state index < -0.39 is 13.1 Å². The summed E-state index contributed by atoms with van der Waals surface area (Å²) < 4.78 is 10.1. The highest BCUT2D eigenvalue weighted by Gasteiger charge is 2.29. The lowest BCUT2D eigenvalue weighted by atomic mass is 9.76. The summed E-state index contributed by atoms with van der Waals surface area (Å²) in [6.45, 7) is 0. The van der Waals surface area contributed by atoms with E-state index in [4.69, 9.17) is 4.65 Å². The summed E-state index contributed by atoms with van der Waals surface area (Å²) in [5, 5.41) is 10.1. The first-order valence-electron chi connectivity index (χ1n) is 6.86. The zero-order chi connectivity index (χ0) is 15.5. The molecule has 3 rings (SSSR count). The van der Waals surface area contributed by atoms with Gasteiger partial charge >= 0.3 is 13.1 Å².